The molecule has 0 aliphatic heterocycles. The van der Waals surface area contributed by atoms with Gasteiger partial charge in [-0.25, -0.2) is 9.64 Å². The van der Waals surface area contributed by atoms with Crippen LogP contribution in [-0.4, -0.2) is 22.2 Å². The summed E-state index contributed by atoms with van der Waals surface area (Å²) >= 11 is 0. The van der Waals surface area contributed by atoms with E-state index in [4.69, 9.17) is 11.3 Å². The molecule has 0 spiro atoms. The molecule has 5 heteroatoms. The van der Waals surface area contributed by atoms with E-state index in [-0.39, 0.29) is 13.2 Å². The molecule has 1 aromatic carbocycles. The van der Waals surface area contributed by atoms with E-state index >= 15 is 0 Å². The third-order valence-electron chi connectivity index (χ3n) is 3.83. The lowest BCUT2D eigenvalue weighted by Gasteiger charge is -2.09. The van der Waals surface area contributed by atoms with Crippen LogP contribution in [0.15, 0.2) is 24.3 Å². The zero-order valence-electron chi connectivity index (χ0n) is 13.6. The van der Waals surface area contributed by atoms with Crippen molar-refractivity contribution >= 4 is 11.7 Å². The number of aliphatic hydroxyl groups is 1. The van der Waals surface area contributed by atoms with Crippen molar-refractivity contribution in [3.63, 3.8) is 0 Å². The molecule has 0 saturated heterocycles. The van der Waals surface area contributed by atoms with Crippen LogP contribution in [0.3, 0.4) is 0 Å². The fourth-order valence-corrected chi connectivity index (χ4v) is 2.73. The van der Waals surface area contributed by atoms with Crippen molar-refractivity contribution in [3.8, 4) is 11.1 Å². The molecule has 0 unspecified atom stereocenters. The topological polar surface area (TPSA) is 55.8 Å². The second kappa shape index (κ2) is 7.12. The number of benzene rings is 1. The van der Waals surface area contributed by atoms with Crippen molar-refractivity contribution in [2.75, 3.05) is 6.61 Å². The normalized spacial score (nSPS) is 10.4. The molecule has 1 N–H and O–H groups in total. The summed E-state index contributed by atoms with van der Waals surface area (Å²) in [6.07, 6.45) is 0.648. The average molecular weight is 312 g/mol. The third-order valence-corrected chi connectivity index (χ3v) is 3.83. The van der Waals surface area contributed by atoms with E-state index in [0.29, 0.717) is 23.4 Å². The van der Waals surface area contributed by atoms with Gasteiger partial charge in [-0.1, -0.05) is 31.2 Å². The molecular weight excluding hydrogens is 292 g/mol. The van der Waals surface area contributed by atoms with Gasteiger partial charge in [0, 0.05) is 18.3 Å². The molecule has 0 aliphatic carbocycles. The summed E-state index contributed by atoms with van der Waals surface area (Å²) in [6, 6.07) is 7.21. The quantitative estimate of drug-likeness (QED) is 0.679. The Kier molecular flexibility index (Phi) is 5.20. The third kappa shape index (κ3) is 2.99. The van der Waals surface area contributed by atoms with Gasteiger partial charge in [-0.05, 0) is 24.5 Å². The second-order valence-electron chi connectivity index (χ2n) is 5.12. The summed E-state index contributed by atoms with van der Waals surface area (Å²) in [5.74, 6) is -0.430. The van der Waals surface area contributed by atoms with Gasteiger partial charge in [0.1, 0.15) is 5.69 Å². The number of carbonyl (C=O) groups is 1. The number of rotatable bonds is 5. The first-order chi connectivity index (χ1) is 11.1. The van der Waals surface area contributed by atoms with Gasteiger partial charge < -0.3 is 14.4 Å². The lowest BCUT2D eigenvalue weighted by atomic mass is 10.0. The van der Waals surface area contributed by atoms with Crippen LogP contribution < -0.4 is 0 Å². The van der Waals surface area contributed by atoms with Crippen LogP contribution in [0.4, 0.5) is 5.69 Å². The maximum atomic E-state index is 12.4. The zero-order valence-corrected chi connectivity index (χ0v) is 13.6. The minimum atomic E-state index is -0.430. The second-order valence-corrected chi connectivity index (χ2v) is 5.12. The molecule has 0 fully saturated rings. The predicted molar refractivity (Wildman–Crippen MR) is 88.4 cm³/mol. The van der Waals surface area contributed by atoms with Crippen molar-refractivity contribution in [3.05, 3.63) is 52.6 Å². The Balaban J connectivity index is 2.72. The van der Waals surface area contributed by atoms with Crippen LogP contribution in [0, 0.1) is 6.57 Å². The monoisotopic (exact) mass is 312 g/mol. The Morgan fingerprint density at radius 1 is 1.30 bits per heavy atom. The molecule has 0 atom stereocenters. The van der Waals surface area contributed by atoms with Gasteiger partial charge >= 0.3 is 5.97 Å². The largest absolute Gasteiger partial charge is 0.461 e. The van der Waals surface area contributed by atoms with Crippen LogP contribution in [0.2, 0.25) is 0 Å². The fraction of sp³-hybridized carbons (Fsp3) is 0.333. The highest BCUT2D eigenvalue weighted by atomic mass is 16.5. The maximum Gasteiger partial charge on any atom is 0.354 e. The average Bonchev–Trinajstić information content (AvgIpc) is 2.86. The fourth-order valence-electron chi connectivity index (χ4n) is 2.73. The number of esters is 1. The Hall–Kier alpha value is -2.58. The Labute approximate surface area is 135 Å². The molecule has 1 aromatic heterocycles. The van der Waals surface area contributed by atoms with Gasteiger partial charge in [-0.3, -0.25) is 0 Å². The first-order valence-corrected chi connectivity index (χ1v) is 7.55. The van der Waals surface area contributed by atoms with E-state index in [9.17, 15) is 9.90 Å². The summed E-state index contributed by atoms with van der Waals surface area (Å²) < 4.78 is 6.92. The summed E-state index contributed by atoms with van der Waals surface area (Å²) in [7, 11) is 1.78. The van der Waals surface area contributed by atoms with Crippen LogP contribution in [0.1, 0.15) is 35.6 Å². The van der Waals surface area contributed by atoms with Crippen molar-refractivity contribution < 1.29 is 14.6 Å². The minimum absolute atomic E-state index is 0.0459. The van der Waals surface area contributed by atoms with Gasteiger partial charge in [0.15, 0.2) is 0 Å². The SMILES string of the molecule is [C-]#[N+]c1c(-c2ccc(CO)cc2)c(C(=O)OCC)n(C)c1CC. The van der Waals surface area contributed by atoms with Gasteiger partial charge in [0.05, 0.1) is 19.8 Å². The molecule has 0 aliphatic rings. The van der Waals surface area contributed by atoms with Crippen LogP contribution in [-0.2, 0) is 24.8 Å². The van der Waals surface area contributed by atoms with Crippen LogP contribution >= 0.6 is 0 Å². The summed E-state index contributed by atoms with van der Waals surface area (Å²) in [5.41, 5.74) is 3.84. The van der Waals surface area contributed by atoms with E-state index in [1.54, 1.807) is 30.7 Å². The zero-order chi connectivity index (χ0) is 17.0. The molecule has 23 heavy (non-hydrogen) atoms. The first-order valence-electron chi connectivity index (χ1n) is 7.55. The van der Waals surface area contributed by atoms with Crippen molar-refractivity contribution in [1.29, 1.82) is 0 Å². The molecule has 2 rings (SSSR count). The van der Waals surface area contributed by atoms with Gasteiger partial charge in [0.2, 0.25) is 5.69 Å². The number of aliphatic hydroxyl groups excluding tert-OH is 1. The molecule has 120 valence electrons. The van der Waals surface area contributed by atoms with Crippen LogP contribution in [0.25, 0.3) is 16.0 Å². The lowest BCUT2D eigenvalue weighted by molar-refractivity contribution is 0.0516. The standard InChI is InChI=1S/C18H20N2O3/c1-5-14-16(19-3)15(13-9-7-12(11-21)8-10-13)17(20(14)4)18(22)23-6-2/h7-10,21H,5-6,11H2,1-2,4H3. The number of hydrogen-bond donors (Lipinski definition) is 1. The van der Waals surface area contributed by atoms with Crippen molar-refractivity contribution in [2.24, 2.45) is 7.05 Å². The number of ether oxygens (including phenoxy) is 1. The Morgan fingerprint density at radius 3 is 2.43 bits per heavy atom. The van der Waals surface area contributed by atoms with Crippen LogP contribution in [0.5, 0.6) is 0 Å². The molecule has 0 bridgehead atoms. The number of aromatic nitrogens is 1. The van der Waals surface area contributed by atoms with Crippen molar-refractivity contribution in [1.82, 2.24) is 4.57 Å². The lowest BCUT2D eigenvalue weighted by Crippen LogP contribution is -2.12. The number of nitrogens with zero attached hydrogens (tertiary/aromatic N) is 2. The Bertz CT molecular complexity index is 752. The smallest absolute Gasteiger partial charge is 0.354 e. The summed E-state index contributed by atoms with van der Waals surface area (Å²) in [5, 5.41) is 9.17. The molecule has 2 aromatic rings. The highest BCUT2D eigenvalue weighted by Gasteiger charge is 2.26. The van der Waals surface area contributed by atoms with Crippen molar-refractivity contribution in [2.45, 2.75) is 26.9 Å². The van der Waals surface area contributed by atoms with E-state index in [0.717, 1.165) is 16.8 Å². The molecule has 1 heterocycles. The van der Waals surface area contributed by atoms with Gasteiger partial charge in [0.25, 0.3) is 0 Å². The molecular formula is C18H20N2O3. The molecule has 0 radical (unpaired) electrons. The van der Waals surface area contributed by atoms with E-state index in [1.807, 2.05) is 19.1 Å². The minimum Gasteiger partial charge on any atom is -0.461 e. The first kappa shape index (κ1) is 16.8. The molecule has 5 nitrogen and oxygen atoms in total. The highest BCUT2D eigenvalue weighted by molar-refractivity contribution is 6.01. The van der Waals surface area contributed by atoms with Gasteiger partial charge in [-0.15, -0.1) is 0 Å². The number of hydrogen-bond acceptors (Lipinski definition) is 3. The predicted octanol–water partition coefficient (Wildman–Crippen LogP) is 3.47. The summed E-state index contributed by atoms with van der Waals surface area (Å²) in [6.45, 7) is 11.5. The van der Waals surface area contributed by atoms with E-state index < -0.39 is 5.97 Å². The maximum absolute atomic E-state index is 12.4. The Morgan fingerprint density at radius 2 is 1.96 bits per heavy atom. The summed E-state index contributed by atoms with van der Waals surface area (Å²) in [4.78, 5) is 16.1. The number of carbonyl (C=O) groups excluding carboxylic acids is 1. The highest BCUT2D eigenvalue weighted by Crippen LogP contribution is 2.39. The molecule has 0 amide bonds. The van der Waals surface area contributed by atoms with E-state index in [2.05, 4.69) is 4.85 Å². The van der Waals surface area contributed by atoms with E-state index in [1.165, 1.54) is 0 Å². The molecule has 0 saturated carbocycles. The van der Waals surface area contributed by atoms with Gasteiger partial charge in [-0.2, -0.15) is 0 Å².